The normalized spacial score (nSPS) is 9.14. The van der Waals surface area contributed by atoms with Crippen molar-refractivity contribution in [2.75, 3.05) is 0 Å². The van der Waals surface area contributed by atoms with Gasteiger partial charge in [0.2, 0.25) is 0 Å². The van der Waals surface area contributed by atoms with E-state index in [0.29, 0.717) is 5.75 Å². The van der Waals surface area contributed by atoms with Crippen LogP contribution >= 0.6 is 0 Å². The summed E-state index contributed by atoms with van der Waals surface area (Å²) in [5, 5.41) is 9.10. The Hall–Kier alpha value is -0.409. The molecule has 0 saturated carbocycles. The maximum atomic E-state index is 9.10. The first-order chi connectivity index (χ1) is 6.36. The van der Waals surface area contributed by atoms with Gasteiger partial charge in [0.25, 0.3) is 0 Å². The predicted octanol–water partition coefficient (Wildman–Crippen LogP) is 3.06. The van der Waals surface area contributed by atoms with Crippen LogP contribution in [0.5, 0.6) is 5.75 Å². The van der Waals surface area contributed by atoms with Gasteiger partial charge in [0.1, 0.15) is 5.75 Å². The van der Waals surface area contributed by atoms with E-state index in [4.69, 9.17) is 5.11 Å². The van der Waals surface area contributed by atoms with Crippen LogP contribution in [0.3, 0.4) is 0 Å². The molecule has 0 spiro atoms. The van der Waals surface area contributed by atoms with Crippen LogP contribution in [0.25, 0.3) is 11.1 Å². The molecule has 68 valence electrons. The Balaban J connectivity index is 0.000000980. The molecule has 0 aromatic heterocycles. The molecular formula is C12H10NdO. The second-order valence-corrected chi connectivity index (χ2v) is 2.91. The third kappa shape index (κ3) is 2.79. The third-order valence-corrected chi connectivity index (χ3v) is 1.97. The van der Waals surface area contributed by atoms with Gasteiger partial charge in [-0.25, -0.2) is 0 Å². The van der Waals surface area contributed by atoms with Crippen LogP contribution in [0.2, 0.25) is 0 Å². The van der Waals surface area contributed by atoms with Crippen molar-refractivity contribution in [3.05, 3.63) is 54.6 Å². The molecule has 0 aliphatic heterocycles. The summed E-state index contributed by atoms with van der Waals surface area (Å²) < 4.78 is 0. The van der Waals surface area contributed by atoms with E-state index < -0.39 is 0 Å². The van der Waals surface area contributed by atoms with Crippen LogP contribution in [0, 0.1) is 40.8 Å². The van der Waals surface area contributed by atoms with E-state index in [-0.39, 0.29) is 40.8 Å². The largest absolute Gasteiger partial charge is 0.508 e. The molecule has 0 radical (unpaired) electrons. The van der Waals surface area contributed by atoms with Crippen LogP contribution in [-0.4, -0.2) is 5.11 Å². The van der Waals surface area contributed by atoms with Gasteiger partial charge in [0, 0.05) is 40.8 Å². The van der Waals surface area contributed by atoms with E-state index in [1.165, 1.54) is 5.56 Å². The Morgan fingerprint density at radius 3 is 1.71 bits per heavy atom. The smallest absolute Gasteiger partial charge is 0.115 e. The molecule has 0 saturated heterocycles. The Bertz CT molecular complexity index is 381. The van der Waals surface area contributed by atoms with Gasteiger partial charge >= 0.3 is 0 Å². The number of phenolic OH excluding ortho intramolecular Hbond substituents is 1. The van der Waals surface area contributed by atoms with E-state index >= 15 is 0 Å². The number of hydrogen-bond acceptors (Lipinski definition) is 1. The predicted molar refractivity (Wildman–Crippen MR) is 53.5 cm³/mol. The van der Waals surface area contributed by atoms with Crippen molar-refractivity contribution in [2.45, 2.75) is 0 Å². The van der Waals surface area contributed by atoms with Gasteiger partial charge in [-0.2, -0.15) is 0 Å². The molecule has 0 bridgehead atoms. The van der Waals surface area contributed by atoms with Crippen molar-refractivity contribution in [1.82, 2.24) is 0 Å². The van der Waals surface area contributed by atoms with Gasteiger partial charge < -0.3 is 5.11 Å². The van der Waals surface area contributed by atoms with Crippen molar-refractivity contribution >= 4 is 0 Å². The second-order valence-electron chi connectivity index (χ2n) is 2.91. The summed E-state index contributed by atoms with van der Waals surface area (Å²) in [5.74, 6) is 0.305. The molecule has 0 amide bonds. The molecule has 0 atom stereocenters. The molecule has 14 heavy (non-hydrogen) atoms. The fraction of sp³-hybridized carbons (Fsp3) is 0. The van der Waals surface area contributed by atoms with E-state index in [1.807, 2.05) is 42.5 Å². The summed E-state index contributed by atoms with van der Waals surface area (Å²) in [5.41, 5.74) is 2.29. The molecule has 1 N–H and O–H groups in total. The number of phenols is 1. The van der Waals surface area contributed by atoms with Crippen molar-refractivity contribution < 1.29 is 45.9 Å². The van der Waals surface area contributed by atoms with Crippen LogP contribution in [-0.2, 0) is 0 Å². The Morgan fingerprint density at radius 2 is 1.14 bits per heavy atom. The van der Waals surface area contributed by atoms with Crippen LogP contribution < -0.4 is 0 Å². The summed E-state index contributed by atoms with van der Waals surface area (Å²) in [4.78, 5) is 0. The number of hydrogen-bond donors (Lipinski definition) is 1. The Morgan fingerprint density at radius 1 is 0.643 bits per heavy atom. The quantitative estimate of drug-likeness (QED) is 0.858. The van der Waals surface area contributed by atoms with Crippen molar-refractivity contribution in [3.63, 3.8) is 0 Å². The molecule has 0 aliphatic rings. The molecule has 0 fully saturated rings. The first-order valence-corrected chi connectivity index (χ1v) is 4.21. The molecule has 0 unspecified atom stereocenters. The second kappa shape index (κ2) is 5.47. The number of benzene rings is 2. The van der Waals surface area contributed by atoms with E-state index in [1.54, 1.807) is 12.1 Å². The summed E-state index contributed by atoms with van der Waals surface area (Å²) in [6.07, 6.45) is 0. The zero-order chi connectivity index (χ0) is 9.10. The maximum absolute atomic E-state index is 9.10. The fourth-order valence-electron chi connectivity index (χ4n) is 1.28. The van der Waals surface area contributed by atoms with Gasteiger partial charge in [0.05, 0.1) is 0 Å². The van der Waals surface area contributed by atoms with Crippen LogP contribution in [0.4, 0.5) is 0 Å². The first-order valence-electron chi connectivity index (χ1n) is 4.21. The SMILES string of the molecule is Oc1ccc(-c2ccccc2)cc1.[Nd]. The topological polar surface area (TPSA) is 20.2 Å². The number of aromatic hydroxyl groups is 1. The Kier molecular flexibility index (Phi) is 4.55. The Labute approximate surface area is 116 Å². The standard InChI is InChI=1S/C12H10O.Nd/c13-12-8-6-11(7-9-12)10-4-2-1-3-5-10;/h1-9,13H;. The molecule has 0 heterocycles. The minimum absolute atomic E-state index is 0. The monoisotopic (exact) mass is 312 g/mol. The summed E-state index contributed by atoms with van der Waals surface area (Å²) in [7, 11) is 0. The van der Waals surface area contributed by atoms with E-state index in [9.17, 15) is 0 Å². The van der Waals surface area contributed by atoms with Crippen molar-refractivity contribution in [1.29, 1.82) is 0 Å². The first kappa shape index (κ1) is 11.7. The average Bonchev–Trinajstić information content (AvgIpc) is 2.20. The van der Waals surface area contributed by atoms with Crippen LogP contribution in [0.1, 0.15) is 0 Å². The molecule has 0 aliphatic carbocycles. The van der Waals surface area contributed by atoms with Gasteiger partial charge in [0.15, 0.2) is 0 Å². The third-order valence-electron chi connectivity index (χ3n) is 1.97. The van der Waals surface area contributed by atoms with E-state index in [2.05, 4.69) is 0 Å². The summed E-state index contributed by atoms with van der Waals surface area (Å²) >= 11 is 0. The van der Waals surface area contributed by atoms with Gasteiger partial charge in [-0.05, 0) is 23.3 Å². The molecule has 2 aromatic carbocycles. The van der Waals surface area contributed by atoms with Crippen molar-refractivity contribution in [2.24, 2.45) is 0 Å². The average molecular weight is 314 g/mol. The van der Waals surface area contributed by atoms with Gasteiger partial charge in [-0.1, -0.05) is 42.5 Å². The zero-order valence-electron chi connectivity index (χ0n) is 7.64. The molecule has 2 aromatic rings. The number of rotatable bonds is 1. The van der Waals surface area contributed by atoms with Crippen LogP contribution in [0.15, 0.2) is 54.6 Å². The molecule has 1 nitrogen and oxygen atoms in total. The minimum atomic E-state index is 0. The zero-order valence-corrected chi connectivity index (χ0v) is 10.9. The van der Waals surface area contributed by atoms with Gasteiger partial charge in [-0.15, -0.1) is 0 Å². The molecular weight excluding hydrogens is 304 g/mol. The fourth-order valence-corrected chi connectivity index (χ4v) is 1.28. The van der Waals surface area contributed by atoms with E-state index in [0.717, 1.165) is 5.56 Å². The molecule has 2 rings (SSSR count). The maximum Gasteiger partial charge on any atom is 0.115 e. The minimum Gasteiger partial charge on any atom is -0.508 e. The summed E-state index contributed by atoms with van der Waals surface area (Å²) in [6.45, 7) is 0. The molecule has 2 heteroatoms. The van der Waals surface area contributed by atoms with Gasteiger partial charge in [-0.3, -0.25) is 0 Å². The summed E-state index contributed by atoms with van der Waals surface area (Å²) in [6, 6.07) is 17.3. The van der Waals surface area contributed by atoms with Crippen molar-refractivity contribution in [3.8, 4) is 16.9 Å².